The lowest BCUT2D eigenvalue weighted by molar-refractivity contribution is 1.26. The largest absolute Gasteiger partial charge is 0.0946 e. The quantitative estimate of drug-likeness (QED) is 0.631. The van der Waals surface area contributed by atoms with Crippen LogP contribution < -0.4 is 0 Å². The molecule has 0 saturated heterocycles. The first kappa shape index (κ1) is 11.4. The third-order valence-corrected chi connectivity index (χ3v) is 3.69. The van der Waals surface area contributed by atoms with Crippen LogP contribution in [-0.4, -0.2) is 0 Å². The molecule has 0 fully saturated rings. The summed E-state index contributed by atoms with van der Waals surface area (Å²) in [6, 6.07) is 6.62. The number of rotatable bonds is 2. The lowest BCUT2D eigenvalue weighted by Crippen LogP contribution is -1.82. The fourth-order valence-electron chi connectivity index (χ4n) is 1.18. The van der Waals surface area contributed by atoms with Crippen LogP contribution in [0.5, 0.6) is 0 Å². The second-order valence-electron chi connectivity index (χ2n) is 3.93. The third-order valence-electron chi connectivity index (χ3n) is 2.30. The number of benzene rings is 1. The lowest BCUT2D eigenvalue weighted by Gasteiger charge is -2.07. The zero-order chi connectivity index (χ0) is 10.7. The maximum Gasteiger partial charge on any atom is 0.0148 e. The van der Waals surface area contributed by atoms with Crippen LogP contribution in [0.1, 0.15) is 31.9 Å². The van der Waals surface area contributed by atoms with E-state index in [0.29, 0.717) is 0 Å². The van der Waals surface area contributed by atoms with E-state index in [1.807, 2.05) is 11.8 Å². The molecule has 1 aromatic carbocycles. The van der Waals surface area contributed by atoms with Crippen LogP contribution in [0.15, 0.2) is 33.6 Å². The topological polar surface area (TPSA) is 0 Å². The van der Waals surface area contributed by atoms with Gasteiger partial charge in [0.05, 0.1) is 0 Å². The highest BCUT2D eigenvalue weighted by molar-refractivity contribution is 8.03. The molecule has 0 unspecified atom stereocenters. The first-order chi connectivity index (χ1) is 6.50. The van der Waals surface area contributed by atoms with E-state index in [1.54, 1.807) is 0 Å². The van der Waals surface area contributed by atoms with Gasteiger partial charge in [0, 0.05) is 4.90 Å². The molecule has 0 aliphatic rings. The van der Waals surface area contributed by atoms with Crippen molar-refractivity contribution in [3.63, 3.8) is 0 Å². The van der Waals surface area contributed by atoms with Crippen molar-refractivity contribution >= 4 is 11.8 Å². The molecule has 1 heteroatoms. The number of thioether (sulfide) groups is 1. The minimum absolute atomic E-state index is 1.33. The first-order valence-corrected chi connectivity index (χ1v) is 5.71. The van der Waals surface area contributed by atoms with Crippen molar-refractivity contribution in [1.29, 1.82) is 0 Å². The van der Waals surface area contributed by atoms with Crippen LogP contribution in [0.2, 0.25) is 0 Å². The Morgan fingerprint density at radius 2 is 1.71 bits per heavy atom. The Kier molecular flexibility index (Phi) is 3.82. The highest BCUT2D eigenvalue weighted by atomic mass is 32.2. The van der Waals surface area contributed by atoms with E-state index in [2.05, 4.69) is 52.8 Å². The Bertz CT molecular complexity index is 357. The molecule has 0 bridgehead atoms. The smallest absolute Gasteiger partial charge is 0.0148 e. The number of hydrogen-bond donors (Lipinski definition) is 0. The summed E-state index contributed by atoms with van der Waals surface area (Å²) in [5.74, 6) is 0. The van der Waals surface area contributed by atoms with Crippen LogP contribution >= 0.6 is 11.8 Å². The molecular weight excluding hydrogens is 188 g/mol. The standard InChI is InChI=1S/C13H18S/c1-9(2)12(5)14-13-7-6-10(3)8-11(13)4/h6-8H,1-5H3. The van der Waals surface area contributed by atoms with Crippen LogP contribution in [-0.2, 0) is 0 Å². The Labute approximate surface area is 91.4 Å². The summed E-state index contributed by atoms with van der Waals surface area (Å²) in [6.45, 7) is 10.8. The van der Waals surface area contributed by atoms with Crippen molar-refractivity contribution in [3.8, 4) is 0 Å². The third kappa shape index (κ3) is 2.91. The van der Waals surface area contributed by atoms with Gasteiger partial charge in [0.15, 0.2) is 0 Å². The molecule has 0 N–H and O–H groups in total. The van der Waals surface area contributed by atoms with Crippen molar-refractivity contribution in [3.05, 3.63) is 39.8 Å². The molecule has 0 aliphatic carbocycles. The Hall–Kier alpha value is -0.690. The molecule has 0 spiro atoms. The molecule has 14 heavy (non-hydrogen) atoms. The minimum Gasteiger partial charge on any atom is -0.0946 e. The summed E-state index contributed by atoms with van der Waals surface area (Å²) in [4.78, 5) is 2.77. The predicted molar refractivity (Wildman–Crippen MR) is 65.8 cm³/mol. The molecule has 0 radical (unpaired) electrons. The number of allylic oxidation sites excluding steroid dienone is 2. The molecule has 1 rings (SSSR count). The molecule has 0 heterocycles. The number of aryl methyl sites for hydroxylation is 2. The van der Waals surface area contributed by atoms with Gasteiger partial charge in [-0.05, 0) is 51.2 Å². The molecule has 0 amide bonds. The summed E-state index contributed by atoms with van der Waals surface area (Å²) < 4.78 is 0. The van der Waals surface area contributed by atoms with E-state index in [9.17, 15) is 0 Å². The van der Waals surface area contributed by atoms with Gasteiger partial charge in [-0.3, -0.25) is 0 Å². The monoisotopic (exact) mass is 206 g/mol. The van der Waals surface area contributed by atoms with Gasteiger partial charge in [0.1, 0.15) is 0 Å². The Balaban J connectivity index is 2.93. The van der Waals surface area contributed by atoms with Crippen molar-refractivity contribution in [2.75, 3.05) is 0 Å². The fraction of sp³-hybridized carbons (Fsp3) is 0.385. The van der Waals surface area contributed by atoms with Crippen LogP contribution in [0, 0.1) is 13.8 Å². The van der Waals surface area contributed by atoms with Crippen molar-refractivity contribution in [2.45, 2.75) is 39.5 Å². The maximum absolute atomic E-state index is 2.24. The second kappa shape index (κ2) is 4.70. The SMILES string of the molecule is CC(C)=C(C)Sc1ccc(C)cc1C. The van der Waals surface area contributed by atoms with Crippen LogP contribution in [0.25, 0.3) is 0 Å². The van der Waals surface area contributed by atoms with E-state index in [-0.39, 0.29) is 0 Å². The average Bonchev–Trinajstić information content (AvgIpc) is 2.09. The number of hydrogen-bond acceptors (Lipinski definition) is 1. The van der Waals surface area contributed by atoms with Gasteiger partial charge in [-0.2, -0.15) is 0 Å². The molecular formula is C13H18S. The molecule has 0 nitrogen and oxygen atoms in total. The first-order valence-electron chi connectivity index (χ1n) is 4.90. The predicted octanol–water partition coefficient (Wildman–Crippen LogP) is 4.71. The second-order valence-corrected chi connectivity index (χ2v) is 5.18. The van der Waals surface area contributed by atoms with Gasteiger partial charge < -0.3 is 0 Å². The molecule has 0 aliphatic heterocycles. The summed E-state index contributed by atoms with van der Waals surface area (Å²) >= 11 is 1.87. The Morgan fingerprint density at radius 1 is 1.07 bits per heavy atom. The van der Waals surface area contributed by atoms with Gasteiger partial charge >= 0.3 is 0 Å². The average molecular weight is 206 g/mol. The molecule has 76 valence electrons. The lowest BCUT2D eigenvalue weighted by atomic mass is 10.2. The van der Waals surface area contributed by atoms with Crippen LogP contribution in [0.3, 0.4) is 0 Å². The van der Waals surface area contributed by atoms with E-state index in [1.165, 1.54) is 26.5 Å². The van der Waals surface area contributed by atoms with E-state index < -0.39 is 0 Å². The highest BCUT2D eigenvalue weighted by Crippen LogP contribution is 2.31. The Morgan fingerprint density at radius 3 is 2.21 bits per heavy atom. The van der Waals surface area contributed by atoms with Gasteiger partial charge in [-0.25, -0.2) is 0 Å². The van der Waals surface area contributed by atoms with Gasteiger partial charge in [-0.1, -0.05) is 35.0 Å². The molecule has 0 saturated carbocycles. The zero-order valence-electron chi connectivity index (χ0n) is 9.64. The molecule has 0 aromatic heterocycles. The molecule has 1 aromatic rings. The summed E-state index contributed by atoms with van der Waals surface area (Å²) in [6.07, 6.45) is 0. The summed E-state index contributed by atoms with van der Waals surface area (Å²) in [5.41, 5.74) is 4.10. The van der Waals surface area contributed by atoms with Crippen molar-refractivity contribution < 1.29 is 0 Å². The van der Waals surface area contributed by atoms with E-state index >= 15 is 0 Å². The van der Waals surface area contributed by atoms with E-state index in [0.717, 1.165) is 0 Å². The minimum atomic E-state index is 1.33. The van der Waals surface area contributed by atoms with Gasteiger partial charge in [-0.15, -0.1) is 0 Å². The normalized spacial score (nSPS) is 10.1. The summed E-state index contributed by atoms with van der Waals surface area (Å²) in [5, 5.41) is 0. The maximum atomic E-state index is 2.24. The summed E-state index contributed by atoms with van der Waals surface area (Å²) in [7, 11) is 0. The van der Waals surface area contributed by atoms with Gasteiger partial charge in [0.25, 0.3) is 0 Å². The van der Waals surface area contributed by atoms with Crippen molar-refractivity contribution in [2.24, 2.45) is 0 Å². The fourth-order valence-corrected chi connectivity index (χ4v) is 2.07. The van der Waals surface area contributed by atoms with Crippen LogP contribution in [0.4, 0.5) is 0 Å². The zero-order valence-corrected chi connectivity index (χ0v) is 10.5. The van der Waals surface area contributed by atoms with E-state index in [4.69, 9.17) is 0 Å². The molecule has 0 atom stereocenters. The van der Waals surface area contributed by atoms with Crippen molar-refractivity contribution in [1.82, 2.24) is 0 Å². The van der Waals surface area contributed by atoms with Gasteiger partial charge in [0.2, 0.25) is 0 Å². The highest BCUT2D eigenvalue weighted by Gasteiger charge is 2.01.